The molecule has 0 spiro atoms. The minimum Gasteiger partial charge on any atom is -1.00 e. The van der Waals surface area contributed by atoms with Crippen LogP contribution in [0.25, 0.3) is 22.2 Å². The third-order valence-corrected chi connectivity index (χ3v) is 15.5. The lowest BCUT2D eigenvalue weighted by molar-refractivity contribution is -0.0000256. The Morgan fingerprint density at radius 1 is 0.551 bits per heavy atom. The minimum atomic E-state index is -0.776. The average Bonchev–Trinajstić information content (AvgIpc) is 2.79. The van der Waals surface area contributed by atoms with Crippen LogP contribution in [-0.4, -0.2) is 137 Å². The third kappa shape index (κ3) is 17.6. The van der Waals surface area contributed by atoms with Gasteiger partial charge in [-0.2, -0.15) is 20.4 Å². The van der Waals surface area contributed by atoms with Crippen molar-refractivity contribution in [3.05, 3.63) is 174 Å². The van der Waals surface area contributed by atoms with Crippen LogP contribution in [0.3, 0.4) is 0 Å². The van der Waals surface area contributed by atoms with E-state index in [0.29, 0.717) is 13.1 Å². The van der Waals surface area contributed by atoms with Crippen LogP contribution in [-0.2, 0) is 33.5 Å². The largest absolute Gasteiger partial charge is 1.00 e. The summed E-state index contributed by atoms with van der Waals surface area (Å²) in [5, 5.41) is 34.7. The molecule has 1 fully saturated rings. The number of nitrogens with two attached hydrogens (primary N) is 4. The van der Waals surface area contributed by atoms with Gasteiger partial charge < -0.3 is 76.2 Å². The molecule has 0 aliphatic carbocycles. The van der Waals surface area contributed by atoms with Gasteiger partial charge in [0.25, 0.3) is 0 Å². The van der Waals surface area contributed by atoms with Gasteiger partial charge in [-0.1, -0.05) is 24.3 Å². The topological polar surface area (TPSA) is 317 Å². The lowest BCUT2D eigenvalue weighted by Crippen LogP contribution is -3.00. The summed E-state index contributed by atoms with van der Waals surface area (Å²) in [4.78, 5) is 28.8. The van der Waals surface area contributed by atoms with Crippen molar-refractivity contribution in [3.63, 3.8) is 0 Å². The minimum absolute atomic E-state index is 0. The number of hydrogen-bond acceptors (Lipinski definition) is 20. The fraction of sp³-hybridized carbons (Fsp3) is 0.367. The van der Waals surface area contributed by atoms with E-state index in [0.717, 1.165) is 92.2 Å². The molecule has 11 rings (SSSR count). The zero-order chi connectivity index (χ0) is 64.0. The number of aliphatic hydroxyl groups excluding tert-OH is 2. The molecule has 1 aliphatic rings. The van der Waals surface area contributed by atoms with Gasteiger partial charge in [-0.15, -0.1) is 0 Å². The molecule has 89 heavy (non-hydrogen) atoms. The van der Waals surface area contributed by atoms with Gasteiger partial charge in [0.2, 0.25) is 11.9 Å². The first-order valence-corrected chi connectivity index (χ1v) is 29.4. The Hall–Kier alpha value is -7.65. The highest BCUT2D eigenvalue weighted by atomic mass is 127. The number of hydrogen-bond donors (Lipinski definition) is 6. The Labute approximate surface area is 542 Å². The van der Waals surface area contributed by atoms with Crippen LogP contribution in [0.2, 0.25) is 0 Å². The molecule has 0 bridgehead atoms. The molecule has 2 aromatic carbocycles. The van der Waals surface area contributed by atoms with Crippen molar-refractivity contribution in [2.75, 3.05) is 60.7 Å². The monoisotopic (exact) mass is 1400 g/mol. The smallest absolute Gasteiger partial charge is 0.498 e. The summed E-state index contributed by atoms with van der Waals surface area (Å²) in [5.41, 5.74) is 29.0. The van der Waals surface area contributed by atoms with Crippen LogP contribution in [0.5, 0.6) is 0 Å². The van der Waals surface area contributed by atoms with E-state index in [-0.39, 0.29) is 79.0 Å². The fourth-order valence-electron chi connectivity index (χ4n) is 9.07. The second kappa shape index (κ2) is 31.2. The van der Waals surface area contributed by atoms with E-state index < -0.39 is 11.1 Å². The van der Waals surface area contributed by atoms with Crippen LogP contribution >= 0.6 is 15.9 Å². The molecule has 24 nitrogen and oxygen atoms in total. The number of benzene rings is 2. The molecule has 474 valence electrons. The lowest BCUT2D eigenvalue weighted by atomic mass is 9.82. The van der Waals surface area contributed by atoms with Gasteiger partial charge in [-0.3, -0.25) is 9.36 Å². The Bertz CT molecular complexity index is 3580. The Morgan fingerprint density at radius 3 is 1.38 bits per heavy atom. The maximum absolute atomic E-state index is 12.8. The van der Waals surface area contributed by atoms with Crippen LogP contribution in [0, 0.1) is 11.6 Å². The molecule has 1 aliphatic heterocycles. The Balaban J connectivity index is 0.000000178. The molecule has 0 unspecified atom stereocenters. The number of aliphatic hydroxyl groups is 2. The Morgan fingerprint density at radius 2 is 0.955 bits per heavy atom. The fourth-order valence-corrected chi connectivity index (χ4v) is 9.48. The second-order valence-electron chi connectivity index (χ2n) is 21.7. The number of rotatable bonds is 16. The average molecular weight is 1400 g/mol. The first-order chi connectivity index (χ1) is 41.9. The highest BCUT2D eigenvalue weighted by molar-refractivity contribution is 9.10. The standard InChI is InChI=1S/C15H20N6O.2C12H13FN4.C11H19BN2O3.C10H13BrN4.HI/c1-3-19(4-2)15-14-7-12(10-21(14)18-11-16-15)13-8-17-20(9-13)5-6-22;2*1-12(15,8-2-4-10(13)5-3-8)9-6-16-11(14)17-7-9;1-10(2)11(3,4)17-12(16-10)9-7-13-14(8-9)5-6-15;1-3-14(4-2)10-9-5-8(11)6-15(9)13-7-12-10;/h7-11,22H,3-6H2,1-2H3;2*2-7H,15H2,1H3,(H2,14,16,17);7-8,15H,5-6H2,1-4H3;5-7H,3-4H2,1-2H3;1H/p-1/t;2*12-;;;/m.00.../s1. The Kier molecular flexibility index (Phi) is 24.7. The quantitative estimate of drug-likeness (QED) is 0.0592. The van der Waals surface area contributed by atoms with E-state index in [2.05, 4.69) is 110 Å². The van der Waals surface area contributed by atoms with Gasteiger partial charge >= 0.3 is 7.12 Å². The lowest BCUT2D eigenvalue weighted by Gasteiger charge is -2.32. The molecule has 29 heteroatoms. The number of aromatic nitrogens is 14. The van der Waals surface area contributed by atoms with Crippen molar-refractivity contribution in [1.82, 2.24) is 68.7 Å². The van der Waals surface area contributed by atoms with Crippen molar-refractivity contribution >= 4 is 63.1 Å². The third-order valence-electron chi connectivity index (χ3n) is 15.1. The van der Waals surface area contributed by atoms with E-state index in [1.54, 1.807) is 83.5 Å². The maximum atomic E-state index is 12.8. The van der Waals surface area contributed by atoms with Gasteiger partial charge in [0, 0.05) is 114 Å². The van der Waals surface area contributed by atoms with Crippen molar-refractivity contribution in [2.24, 2.45) is 11.5 Å². The van der Waals surface area contributed by atoms with Crippen LogP contribution in [0.4, 0.5) is 32.3 Å². The molecule has 10 N–H and O–H groups in total. The highest BCUT2D eigenvalue weighted by Crippen LogP contribution is 2.37. The van der Waals surface area contributed by atoms with E-state index in [9.17, 15) is 8.78 Å². The van der Waals surface area contributed by atoms with Crippen molar-refractivity contribution < 1.29 is 52.3 Å². The zero-order valence-corrected chi connectivity index (χ0v) is 55.4. The van der Waals surface area contributed by atoms with Crippen molar-refractivity contribution in [1.29, 1.82) is 0 Å². The summed E-state index contributed by atoms with van der Waals surface area (Å²) in [6.07, 6.45) is 20.7. The zero-order valence-electron chi connectivity index (χ0n) is 51.6. The summed E-state index contributed by atoms with van der Waals surface area (Å²) in [6.45, 7) is 25.0. The van der Waals surface area contributed by atoms with E-state index in [1.165, 1.54) is 24.3 Å². The number of nitrogens with zero attached hydrogens (tertiary/aromatic N) is 16. The van der Waals surface area contributed by atoms with Gasteiger partial charge in [-0.05, 0) is 133 Å². The maximum Gasteiger partial charge on any atom is 0.498 e. The number of fused-ring (bicyclic) bond motifs is 2. The molecule has 2 atom stereocenters. The SMILES string of the molecule is CC1(C)OB(c2cnn(CCO)c2)OC1(C)C.CCN(CC)c1ncnn2cc(-c3cnn(CCO)c3)cc12.CCN(CC)c1ncnn2cc(Br)cc12.C[C@](N)(c1ccc(F)cc1)c1cnc(N)nc1.C[C@](N)(c1ccc(F)cc1)c1cnc(N)nc1.[I-]. The predicted octanol–water partition coefficient (Wildman–Crippen LogP) is 3.79. The molecule has 0 radical (unpaired) electrons. The summed E-state index contributed by atoms with van der Waals surface area (Å²) in [6, 6.07) is 16.2. The molecule has 9 heterocycles. The predicted molar refractivity (Wildman–Crippen MR) is 341 cm³/mol. The van der Waals surface area contributed by atoms with E-state index >= 15 is 0 Å². The summed E-state index contributed by atoms with van der Waals surface area (Å²) in [7, 11) is -0.382. The van der Waals surface area contributed by atoms with Gasteiger partial charge in [-0.25, -0.2) is 47.7 Å². The van der Waals surface area contributed by atoms with Crippen LogP contribution in [0.15, 0.2) is 140 Å². The molecular weight excluding hydrogens is 1320 g/mol. The van der Waals surface area contributed by atoms with E-state index in [1.807, 2.05) is 81.4 Å². The van der Waals surface area contributed by atoms with Gasteiger partial charge in [0.05, 0.1) is 54.8 Å². The van der Waals surface area contributed by atoms with E-state index in [4.69, 9.17) is 42.5 Å². The van der Waals surface area contributed by atoms with Crippen molar-refractivity contribution in [2.45, 2.75) is 105 Å². The molecule has 10 aromatic rings. The van der Waals surface area contributed by atoms with Crippen LogP contribution < -0.4 is 62.2 Å². The number of nitrogen functional groups attached to an aromatic ring is 2. The first-order valence-electron chi connectivity index (χ1n) is 28.6. The number of anilines is 4. The first kappa shape index (κ1) is 70.4. The normalized spacial score (nSPS) is 14.3. The molecule has 8 aromatic heterocycles. The summed E-state index contributed by atoms with van der Waals surface area (Å²) in [5.74, 6) is 1.73. The molecular formula is C60H78BBrF2IN20O4-. The molecule has 0 saturated carbocycles. The summed E-state index contributed by atoms with van der Waals surface area (Å²) >= 11 is 3.44. The van der Waals surface area contributed by atoms with Gasteiger partial charge in [0.15, 0.2) is 11.6 Å². The van der Waals surface area contributed by atoms with Gasteiger partial charge in [0.1, 0.15) is 35.3 Å². The number of halogens is 4. The summed E-state index contributed by atoms with van der Waals surface area (Å²) < 4.78 is 45.6. The highest BCUT2D eigenvalue weighted by Gasteiger charge is 2.52. The molecule has 0 amide bonds. The van der Waals surface area contributed by atoms with Crippen LogP contribution in [0.1, 0.15) is 91.5 Å². The molecule has 1 saturated heterocycles. The second-order valence-corrected chi connectivity index (χ2v) is 22.6. The van der Waals surface area contributed by atoms with Crippen molar-refractivity contribution in [3.8, 4) is 11.1 Å².